The van der Waals surface area contributed by atoms with Crippen LogP contribution in [0.4, 0.5) is 5.82 Å². The second-order valence-corrected chi connectivity index (χ2v) is 5.45. The Labute approximate surface area is 121 Å². The summed E-state index contributed by atoms with van der Waals surface area (Å²) in [6, 6.07) is 4.17. The van der Waals surface area contributed by atoms with Crippen molar-refractivity contribution in [2.75, 3.05) is 38.3 Å². The summed E-state index contributed by atoms with van der Waals surface area (Å²) in [5.41, 5.74) is 1.01. The topological polar surface area (TPSA) is 50.3 Å². The molecule has 1 aliphatic rings. The van der Waals surface area contributed by atoms with Gasteiger partial charge in [-0.25, -0.2) is 0 Å². The van der Waals surface area contributed by atoms with Gasteiger partial charge in [-0.15, -0.1) is 5.10 Å². The van der Waals surface area contributed by atoms with Crippen molar-refractivity contribution in [3.63, 3.8) is 0 Å². The number of hydrogen-bond acceptors (Lipinski definition) is 5. The molecule has 0 unspecified atom stereocenters. The summed E-state index contributed by atoms with van der Waals surface area (Å²) in [6.07, 6.45) is 3.49. The van der Waals surface area contributed by atoms with Gasteiger partial charge in [-0.05, 0) is 43.9 Å². The monoisotopic (exact) mass is 278 g/mol. The van der Waals surface area contributed by atoms with Gasteiger partial charge in [0.1, 0.15) is 0 Å². The minimum atomic E-state index is 0.696. The molecule has 2 heterocycles. The molecule has 112 valence electrons. The van der Waals surface area contributed by atoms with Crippen molar-refractivity contribution < 1.29 is 4.74 Å². The number of piperidine rings is 1. The average Bonchev–Trinajstić information content (AvgIpc) is 2.49. The minimum absolute atomic E-state index is 0.696. The van der Waals surface area contributed by atoms with Gasteiger partial charge in [0.2, 0.25) is 0 Å². The molecule has 0 spiro atoms. The minimum Gasteiger partial charge on any atom is -0.384 e. The number of methoxy groups -OCH3 is 1. The predicted molar refractivity (Wildman–Crippen MR) is 80.8 cm³/mol. The largest absolute Gasteiger partial charge is 0.384 e. The fraction of sp³-hybridized carbons (Fsp3) is 0.733. The van der Waals surface area contributed by atoms with Crippen molar-refractivity contribution in [1.29, 1.82) is 0 Å². The first-order chi connectivity index (χ1) is 9.83. The van der Waals surface area contributed by atoms with Crippen molar-refractivity contribution in [3.8, 4) is 0 Å². The molecule has 2 rings (SSSR count). The van der Waals surface area contributed by atoms with E-state index in [1.54, 1.807) is 7.11 Å². The number of ether oxygens (including phenoxy) is 1. The lowest BCUT2D eigenvalue weighted by Crippen LogP contribution is -2.35. The van der Waals surface area contributed by atoms with Gasteiger partial charge in [-0.3, -0.25) is 0 Å². The molecule has 1 N–H and O–H groups in total. The van der Waals surface area contributed by atoms with E-state index in [4.69, 9.17) is 4.74 Å². The molecule has 0 amide bonds. The Bertz CT molecular complexity index is 374. The Hall–Kier alpha value is -1.20. The maximum Gasteiger partial charge on any atom is 0.151 e. The van der Waals surface area contributed by atoms with Crippen LogP contribution in [0.15, 0.2) is 12.1 Å². The van der Waals surface area contributed by atoms with E-state index in [1.165, 1.54) is 12.8 Å². The Kier molecular flexibility index (Phi) is 6.21. The molecule has 0 aromatic carbocycles. The van der Waals surface area contributed by atoms with Crippen molar-refractivity contribution in [3.05, 3.63) is 17.8 Å². The average molecular weight is 278 g/mol. The number of anilines is 1. The van der Waals surface area contributed by atoms with Crippen molar-refractivity contribution in [1.82, 2.24) is 15.5 Å². The normalized spacial score (nSPS) is 16.6. The zero-order valence-corrected chi connectivity index (χ0v) is 12.6. The molecule has 0 saturated carbocycles. The number of hydrogen-bond donors (Lipinski definition) is 1. The summed E-state index contributed by atoms with van der Waals surface area (Å²) >= 11 is 0. The van der Waals surface area contributed by atoms with E-state index in [-0.39, 0.29) is 0 Å². The van der Waals surface area contributed by atoms with Crippen LogP contribution in [0.3, 0.4) is 0 Å². The highest BCUT2D eigenvalue weighted by Gasteiger charge is 2.20. The molecule has 1 aromatic rings. The summed E-state index contributed by atoms with van der Waals surface area (Å²) in [6.45, 7) is 6.97. The standard InChI is InChI=1S/C15H26N4O/c1-3-8-16-11-14-4-5-15(18-17-14)19-9-6-13(7-10-19)12-20-2/h4-5,13,16H,3,6-12H2,1-2H3. The summed E-state index contributed by atoms with van der Waals surface area (Å²) in [4.78, 5) is 2.32. The van der Waals surface area contributed by atoms with Gasteiger partial charge in [0.05, 0.1) is 5.69 Å². The van der Waals surface area contributed by atoms with E-state index in [9.17, 15) is 0 Å². The van der Waals surface area contributed by atoms with Gasteiger partial charge >= 0.3 is 0 Å². The van der Waals surface area contributed by atoms with Crippen LogP contribution in [-0.4, -0.2) is 43.5 Å². The second kappa shape index (κ2) is 8.17. The Morgan fingerprint density at radius 3 is 2.70 bits per heavy atom. The molecule has 5 nitrogen and oxygen atoms in total. The SMILES string of the molecule is CCCNCc1ccc(N2CCC(COC)CC2)nn1. The number of nitrogens with one attached hydrogen (secondary N) is 1. The third kappa shape index (κ3) is 4.42. The number of aromatic nitrogens is 2. The van der Waals surface area contributed by atoms with Crippen LogP contribution >= 0.6 is 0 Å². The van der Waals surface area contributed by atoms with E-state index in [0.717, 1.165) is 50.7 Å². The lowest BCUT2D eigenvalue weighted by Gasteiger charge is -2.32. The van der Waals surface area contributed by atoms with Gasteiger partial charge in [-0.1, -0.05) is 6.92 Å². The van der Waals surface area contributed by atoms with E-state index >= 15 is 0 Å². The van der Waals surface area contributed by atoms with Gasteiger partial charge in [0.15, 0.2) is 5.82 Å². The Morgan fingerprint density at radius 1 is 1.30 bits per heavy atom. The Balaban J connectivity index is 1.81. The van der Waals surface area contributed by atoms with E-state index in [2.05, 4.69) is 39.5 Å². The van der Waals surface area contributed by atoms with Gasteiger partial charge < -0.3 is 15.0 Å². The molecule has 0 bridgehead atoms. The molecule has 0 aliphatic carbocycles. The Morgan fingerprint density at radius 2 is 2.10 bits per heavy atom. The van der Waals surface area contributed by atoms with Crippen LogP contribution in [-0.2, 0) is 11.3 Å². The summed E-state index contributed by atoms with van der Waals surface area (Å²) in [5, 5.41) is 12.0. The quantitative estimate of drug-likeness (QED) is 0.771. The maximum atomic E-state index is 5.23. The van der Waals surface area contributed by atoms with Crippen LogP contribution in [0.1, 0.15) is 31.9 Å². The molecular formula is C15H26N4O. The van der Waals surface area contributed by atoms with Gasteiger partial charge in [0.25, 0.3) is 0 Å². The van der Waals surface area contributed by atoms with E-state index in [1.807, 2.05) is 0 Å². The third-order valence-corrected chi connectivity index (χ3v) is 3.78. The van der Waals surface area contributed by atoms with Crippen LogP contribution in [0.5, 0.6) is 0 Å². The molecule has 1 aromatic heterocycles. The third-order valence-electron chi connectivity index (χ3n) is 3.78. The zero-order valence-electron chi connectivity index (χ0n) is 12.6. The summed E-state index contributed by atoms with van der Waals surface area (Å²) in [5.74, 6) is 1.70. The van der Waals surface area contributed by atoms with Crippen LogP contribution in [0.2, 0.25) is 0 Å². The predicted octanol–water partition coefficient (Wildman–Crippen LogP) is 1.84. The van der Waals surface area contributed by atoms with Crippen molar-refractivity contribution in [2.45, 2.75) is 32.7 Å². The van der Waals surface area contributed by atoms with Gasteiger partial charge in [-0.2, -0.15) is 5.10 Å². The summed E-state index contributed by atoms with van der Waals surface area (Å²) in [7, 11) is 1.78. The second-order valence-electron chi connectivity index (χ2n) is 5.45. The fourth-order valence-electron chi connectivity index (χ4n) is 2.57. The number of rotatable bonds is 7. The molecule has 1 aliphatic heterocycles. The van der Waals surface area contributed by atoms with Crippen molar-refractivity contribution in [2.24, 2.45) is 5.92 Å². The van der Waals surface area contributed by atoms with Gasteiger partial charge in [0, 0.05) is 33.4 Å². The highest BCUT2D eigenvalue weighted by molar-refractivity contribution is 5.37. The lowest BCUT2D eigenvalue weighted by molar-refractivity contribution is 0.139. The highest BCUT2D eigenvalue weighted by atomic mass is 16.5. The first-order valence-corrected chi connectivity index (χ1v) is 7.60. The smallest absolute Gasteiger partial charge is 0.151 e. The van der Waals surface area contributed by atoms with Crippen LogP contribution < -0.4 is 10.2 Å². The molecular weight excluding hydrogens is 252 g/mol. The van der Waals surface area contributed by atoms with E-state index in [0.29, 0.717) is 5.92 Å². The van der Waals surface area contributed by atoms with Crippen LogP contribution in [0.25, 0.3) is 0 Å². The maximum absolute atomic E-state index is 5.23. The fourth-order valence-corrected chi connectivity index (χ4v) is 2.57. The molecule has 20 heavy (non-hydrogen) atoms. The lowest BCUT2D eigenvalue weighted by atomic mass is 9.98. The first kappa shape index (κ1) is 15.2. The molecule has 0 radical (unpaired) electrons. The first-order valence-electron chi connectivity index (χ1n) is 7.60. The molecule has 5 heteroatoms. The molecule has 0 atom stereocenters. The zero-order chi connectivity index (χ0) is 14.2. The number of nitrogens with zero attached hydrogens (tertiary/aromatic N) is 3. The molecule has 1 saturated heterocycles. The summed E-state index contributed by atoms with van der Waals surface area (Å²) < 4.78 is 5.23. The highest BCUT2D eigenvalue weighted by Crippen LogP contribution is 2.21. The van der Waals surface area contributed by atoms with Crippen molar-refractivity contribution >= 4 is 5.82 Å². The molecule has 1 fully saturated rings. The van der Waals surface area contributed by atoms with Crippen LogP contribution in [0, 0.1) is 5.92 Å². The van der Waals surface area contributed by atoms with E-state index < -0.39 is 0 Å².